The first-order valence-electron chi connectivity index (χ1n) is 6.46. The summed E-state index contributed by atoms with van der Waals surface area (Å²) in [5.74, 6) is 0. The maximum absolute atomic E-state index is 6.10. The number of hydrogen-bond donors (Lipinski definition) is 1. The molecule has 0 saturated heterocycles. The van der Waals surface area contributed by atoms with Crippen LogP contribution in [0.25, 0.3) is 0 Å². The first kappa shape index (κ1) is 16.7. The van der Waals surface area contributed by atoms with E-state index in [0.717, 1.165) is 38.1 Å². The zero-order valence-electron chi connectivity index (χ0n) is 11.3. The Bertz CT molecular complexity index is 361. The van der Waals surface area contributed by atoms with Crippen LogP contribution >= 0.6 is 23.2 Å². The molecule has 19 heavy (non-hydrogen) atoms. The molecule has 0 spiro atoms. The van der Waals surface area contributed by atoms with E-state index >= 15 is 0 Å². The van der Waals surface area contributed by atoms with E-state index in [-0.39, 0.29) is 0 Å². The Labute approximate surface area is 125 Å². The van der Waals surface area contributed by atoms with Gasteiger partial charge in [-0.25, -0.2) is 0 Å². The van der Waals surface area contributed by atoms with E-state index in [4.69, 9.17) is 32.7 Å². The summed E-state index contributed by atoms with van der Waals surface area (Å²) < 4.78 is 10.3. The van der Waals surface area contributed by atoms with Crippen LogP contribution in [0.4, 0.5) is 0 Å². The molecule has 0 heterocycles. The minimum absolute atomic E-state index is 0.604. The molecule has 0 amide bonds. The number of nitrogens with one attached hydrogen (secondary N) is 1. The summed E-state index contributed by atoms with van der Waals surface area (Å²) in [6.07, 6.45) is 2.12. The quantitative estimate of drug-likeness (QED) is 0.671. The molecule has 0 aliphatic heterocycles. The molecule has 0 aliphatic rings. The van der Waals surface area contributed by atoms with Crippen LogP contribution in [0.5, 0.6) is 0 Å². The van der Waals surface area contributed by atoms with Crippen molar-refractivity contribution in [1.82, 2.24) is 5.32 Å². The second-order valence-electron chi connectivity index (χ2n) is 4.20. The zero-order chi connectivity index (χ0) is 13.9. The number of unbranched alkanes of at least 4 members (excludes halogenated alkanes) is 1. The third-order valence-corrected chi connectivity index (χ3v) is 3.53. The molecule has 0 aromatic heterocycles. The average molecular weight is 306 g/mol. The lowest BCUT2D eigenvalue weighted by Gasteiger charge is -2.08. The first-order chi connectivity index (χ1) is 9.25. The van der Waals surface area contributed by atoms with Crippen molar-refractivity contribution >= 4 is 23.2 Å². The van der Waals surface area contributed by atoms with Gasteiger partial charge in [0.25, 0.3) is 0 Å². The average Bonchev–Trinajstić information content (AvgIpc) is 2.41. The maximum Gasteiger partial charge on any atom is 0.0700 e. The van der Waals surface area contributed by atoms with Gasteiger partial charge >= 0.3 is 0 Å². The lowest BCUT2D eigenvalue weighted by atomic mass is 10.2. The Hall–Kier alpha value is -0.320. The second-order valence-corrected chi connectivity index (χ2v) is 4.99. The molecule has 0 unspecified atom stereocenters. The molecule has 0 saturated carbocycles. The summed E-state index contributed by atoms with van der Waals surface area (Å²) >= 11 is 12.1. The molecular weight excluding hydrogens is 285 g/mol. The van der Waals surface area contributed by atoms with Crippen LogP contribution < -0.4 is 5.32 Å². The Kier molecular flexibility index (Phi) is 9.22. The molecule has 0 fully saturated rings. The van der Waals surface area contributed by atoms with Gasteiger partial charge in [-0.2, -0.15) is 0 Å². The van der Waals surface area contributed by atoms with Gasteiger partial charge in [-0.1, -0.05) is 35.3 Å². The van der Waals surface area contributed by atoms with Gasteiger partial charge in [-0.3, -0.25) is 0 Å². The summed E-state index contributed by atoms with van der Waals surface area (Å²) in [5.41, 5.74) is 1.03. The lowest BCUT2D eigenvalue weighted by Crippen LogP contribution is -2.15. The minimum atomic E-state index is 0.604. The lowest BCUT2D eigenvalue weighted by molar-refractivity contribution is 0.0688. The van der Waals surface area contributed by atoms with Crippen molar-refractivity contribution in [3.8, 4) is 0 Å². The van der Waals surface area contributed by atoms with E-state index in [0.29, 0.717) is 23.3 Å². The Balaban J connectivity index is 2.03. The van der Waals surface area contributed by atoms with Crippen LogP contribution in [0, 0.1) is 0 Å². The fraction of sp³-hybridized carbons (Fsp3) is 0.571. The predicted molar refractivity (Wildman–Crippen MR) is 80.1 cm³/mol. The zero-order valence-corrected chi connectivity index (χ0v) is 12.8. The predicted octanol–water partition coefficient (Wildman–Crippen LogP) is 3.53. The third-order valence-electron chi connectivity index (χ3n) is 2.67. The van der Waals surface area contributed by atoms with Crippen LogP contribution in [0.2, 0.25) is 10.0 Å². The van der Waals surface area contributed by atoms with Crippen molar-refractivity contribution < 1.29 is 9.47 Å². The van der Waals surface area contributed by atoms with Crippen LogP contribution in [0.1, 0.15) is 18.4 Å². The Morgan fingerprint density at radius 2 is 1.95 bits per heavy atom. The van der Waals surface area contributed by atoms with E-state index < -0.39 is 0 Å². The van der Waals surface area contributed by atoms with E-state index in [9.17, 15) is 0 Å². The highest BCUT2D eigenvalue weighted by Crippen LogP contribution is 2.25. The van der Waals surface area contributed by atoms with E-state index in [2.05, 4.69) is 5.32 Å². The molecule has 1 N–H and O–H groups in total. The fourth-order valence-corrected chi connectivity index (χ4v) is 1.99. The number of halogens is 2. The molecule has 5 heteroatoms. The van der Waals surface area contributed by atoms with Crippen molar-refractivity contribution in [2.24, 2.45) is 0 Å². The molecule has 3 nitrogen and oxygen atoms in total. The normalized spacial score (nSPS) is 10.9. The monoisotopic (exact) mass is 305 g/mol. The molecule has 1 rings (SSSR count). The van der Waals surface area contributed by atoms with Gasteiger partial charge < -0.3 is 14.8 Å². The smallest absolute Gasteiger partial charge is 0.0700 e. The summed E-state index contributed by atoms with van der Waals surface area (Å²) in [7, 11) is 1.67. The number of ether oxygens (including phenoxy) is 2. The van der Waals surface area contributed by atoms with Gasteiger partial charge in [0.05, 0.1) is 23.3 Å². The molecule has 0 aliphatic carbocycles. The van der Waals surface area contributed by atoms with Crippen LogP contribution in [0.3, 0.4) is 0 Å². The Morgan fingerprint density at radius 3 is 2.74 bits per heavy atom. The van der Waals surface area contributed by atoms with Gasteiger partial charge in [0.15, 0.2) is 0 Å². The molecule has 0 bridgehead atoms. The molecule has 1 aromatic carbocycles. The van der Waals surface area contributed by atoms with Gasteiger partial charge in [-0.15, -0.1) is 0 Å². The summed E-state index contributed by atoms with van der Waals surface area (Å²) in [4.78, 5) is 0. The van der Waals surface area contributed by atoms with Gasteiger partial charge in [0.1, 0.15) is 0 Å². The van der Waals surface area contributed by atoms with Crippen molar-refractivity contribution in [2.75, 3.05) is 33.5 Å². The Morgan fingerprint density at radius 1 is 1.11 bits per heavy atom. The van der Waals surface area contributed by atoms with Gasteiger partial charge in [0.2, 0.25) is 0 Å². The first-order valence-corrected chi connectivity index (χ1v) is 7.21. The van der Waals surface area contributed by atoms with Crippen molar-refractivity contribution in [1.29, 1.82) is 0 Å². The molecular formula is C14H21Cl2NO2. The second kappa shape index (κ2) is 10.5. The maximum atomic E-state index is 6.10. The van der Waals surface area contributed by atoms with Crippen LogP contribution in [-0.4, -0.2) is 33.5 Å². The number of benzene rings is 1. The largest absolute Gasteiger partial charge is 0.382 e. The van der Waals surface area contributed by atoms with Crippen molar-refractivity contribution in [2.45, 2.75) is 19.4 Å². The molecule has 0 atom stereocenters. The van der Waals surface area contributed by atoms with E-state index in [1.807, 2.05) is 12.1 Å². The summed E-state index contributed by atoms with van der Waals surface area (Å²) in [6.45, 7) is 3.79. The standard InChI is InChI=1S/C14H21Cl2NO2/c1-18-9-10-19-8-3-2-7-17-11-12-5-4-6-13(15)14(12)16/h4-6,17H,2-3,7-11H2,1H3. The highest BCUT2D eigenvalue weighted by molar-refractivity contribution is 6.42. The minimum Gasteiger partial charge on any atom is -0.382 e. The molecule has 0 radical (unpaired) electrons. The van der Waals surface area contributed by atoms with Crippen molar-refractivity contribution in [3.63, 3.8) is 0 Å². The van der Waals surface area contributed by atoms with Crippen LogP contribution in [0.15, 0.2) is 18.2 Å². The topological polar surface area (TPSA) is 30.5 Å². The summed E-state index contributed by atoms with van der Waals surface area (Å²) in [6, 6.07) is 5.69. The number of hydrogen-bond acceptors (Lipinski definition) is 3. The van der Waals surface area contributed by atoms with Gasteiger partial charge in [0, 0.05) is 20.3 Å². The van der Waals surface area contributed by atoms with Gasteiger partial charge in [-0.05, 0) is 31.0 Å². The van der Waals surface area contributed by atoms with E-state index in [1.54, 1.807) is 13.2 Å². The number of rotatable bonds is 10. The molecule has 108 valence electrons. The number of methoxy groups -OCH3 is 1. The van der Waals surface area contributed by atoms with Crippen LogP contribution in [-0.2, 0) is 16.0 Å². The highest BCUT2D eigenvalue weighted by Gasteiger charge is 2.03. The van der Waals surface area contributed by atoms with Crippen molar-refractivity contribution in [3.05, 3.63) is 33.8 Å². The third kappa shape index (κ3) is 7.14. The summed E-state index contributed by atoms with van der Waals surface area (Å²) in [5, 5.41) is 4.59. The molecule has 1 aromatic rings. The SMILES string of the molecule is COCCOCCCCNCc1cccc(Cl)c1Cl. The highest BCUT2D eigenvalue weighted by atomic mass is 35.5. The van der Waals surface area contributed by atoms with E-state index in [1.165, 1.54) is 0 Å². The fourth-order valence-electron chi connectivity index (χ4n) is 1.61.